The van der Waals surface area contributed by atoms with Gasteiger partial charge in [0.25, 0.3) is 0 Å². The minimum Gasteiger partial charge on any atom is -0.397 e. The molecular formula is C8H10N2O. The van der Waals surface area contributed by atoms with Crippen molar-refractivity contribution in [1.82, 2.24) is 4.98 Å². The Hall–Kier alpha value is -1.09. The van der Waals surface area contributed by atoms with E-state index in [-0.39, 0.29) is 30.0 Å². The van der Waals surface area contributed by atoms with Gasteiger partial charge in [0.05, 0.1) is 23.0 Å². The largest absolute Gasteiger partial charge is 0.397 e. The van der Waals surface area contributed by atoms with Crippen molar-refractivity contribution in [3.8, 4) is 0 Å². The fourth-order valence-electron chi connectivity index (χ4n) is 0.945. The molecule has 1 aliphatic rings. The monoisotopic (exact) mass is 153 g/mol. The van der Waals surface area contributed by atoms with Crippen LogP contribution in [0.1, 0.15) is 15.6 Å². The molecule has 0 aromatic carbocycles. The molecule has 1 aromatic rings. The van der Waals surface area contributed by atoms with E-state index in [4.69, 9.17) is 14.6 Å². The fourth-order valence-corrected chi connectivity index (χ4v) is 0.945. The zero-order valence-electron chi connectivity index (χ0n) is 8.92. The summed E-state index contributed by atoms with van der Waals surface area (Å²) in [5.74, 6) is 0.0467. The first-order chi connectivity index (χ1) is 6.61. The molecule has 0 atom stereocenters. The molecule has 58 valence electrons. The van der Waals surface area contributed by atoms with Crippen molar-refractivity contribution in [3.63, 3.8) is 0 Å². The third-order valence-corrected chi connectivity index (χ3v) is 1.67. The molecule has 0 bridgehead atoms. The lowest BCUT2D eigenvalue weighted by Crippen LogP contribution is -2.25. The van der Waals surface area contributed by atoms with E-state index in [1.165, 1.54) is 0 Å². The molecule has 2 rings (SSSR count). The molecule has 3 heteroatoms. The van der Waals surface area contributed by atoms with Crippen LogP contribution in [0.3, 0.4) is 0 Å². The first kappa shape index (κ1) is 4.07. The smallest absolute Gasteiger partial charge is 0.0862 e. The Morgan fingerprint density at radius 3 is 3.09 bits per heavy atom. The lowest BCUT2D eigenvalue weighted by molar-refractivity contribution is 0.00832. The molecule has 0 spiro atoms. The van der Waals surface area contributed by atoms with Crippen LogP contribution in [0.2, 0.25) is 0 Å². The van der Waals surface area contributed by atoms with Crippen LogP contribution in [0, 0.1) is 0 Å². The lowest BCUT2D eigenvalue weighted by atomic mass is 9.99. The highest BCUT2D eigenvalue weighted by Crippen LogP contribution is 2.23. The van der Waals surface area contributed by atoms with Crippen molar-refractivity contribution >= 4 is 5.69 Å². The maximum Gasteiger partial charge on any atom is 0.0862 e. The number of anilines is 1. The van der Waals surface area contributed by atoms with E-state index < -0.39 is 0 Å². The highest BCUT2D eigenvalue weighted by atomic mass is 16.5. The van der Waals surface area contributed by atoms with Gasteiger partial charge in [-0.1, -0.05) is 0 Å². The van der Waals surface area contributed by atoms with Gasteiger partial charge in [-0.25, -0.2) is 0 Å². The second-order valence-corrected chi connectivity index (χ2v) is 2.52. The van der Waals surface area contributed by atoms with E-state index in [9.17, 15) is 0 Å². The highest BCUT2D eigenvalue weighted by molar-refractivity contribution is 5.38. The number of hydrogen-bond acceptors (Lipinski definition) is 3. The van der Waals surface area contributed by atoms with Gasteiger partial charge < -0.3 is 10.5 Å². The number of nitrogens with two attached hydrogens (primary N) is 1. The van der Waals surface area contributed by atoms with Crippen molar-refractivity contribution in [2.75, 3.05) is 18.9 Å². The summed E-state index contributed by atoms with van der Waals surface area (Å²) in [4.78, 5) is 3.67. The van der Waals surface area contributed by atoms with Gasteiger partial charge in [-0.2, -0.15) is 0 Å². The first-order valence-corrected chi connectivity index (χ1v) is 3.42. The van der Waals surface area contributed by atoms with Gasteiger partial charge in [0.1, 0.15) is 0 Å². The van der Waals surface area contributed by atoms with E-state index in [0.29, 0.717) is 18.8 Å². The highest BCUT2D eigenvalue weighted by Gasteiger charge is 2.20. The maximum atomic E-state index is 7.68. The van der Waals surface area contributed by atoms with Crippen LogP contribution in [-0.2, 0) is 4.74 Å². The predicted molar refractivity (Wildman–Crippen MR) is 42.2 cm³/mol. The van der Waals surface area contributed by atoms with E-state index in [2.05, 4.69) is 4.98 Å². The van der Waals surface area contributed by atoms with Crippen molar-refractivity contribution in [1.29, 1.82) is 0 Å². The normalized spacial score (nSPS) is 21.6. The zero-order valence-corrected chi connectivity index (χ0v) is 5.92. The van der Waals surface area contributed by atoms with E-state index in [1.54, 1.807) is 0 Å². The van der Waals surface area contributed by atoms with Crippen LogP contribution in [0.4, 0.5) is 5.69 Å². The average Bonchev–Trinajstić information content (AvgIpc) is 2.05. The molecule has 11 heavy (non-hydrogen) atoms. The molecule has 2 heterocycles. The number of ether oxygens (including phenoxy) is 1. The fraction of sp³-hybridized carbons (Fsp3) is 0.375. The Morgan fingerprint density at radius 2 is 2.45 bits per heavy atom. The average molecular weight is 153 g/mol. The van der Waals surface area contributed by atoms with E-state index >= 15 is 0 Å². The number of hydrogen-bond donors (Lipinski definition) is 1. The van der Waals surface area contributed by atoms with Crippen LogP contribution in [0.15, 0.2) is 18.4 Å². The van der Waals surface area contributed by atoms with Gasteiger partial charge in [-0.05, 0) is 11.6 Å². The molecule has 0 saturated carbocycles. The van der Waals surface area contributed by atoms with Crippen LogP contribution < -0.4 is 5.73 Å². The van der Waals surface area contributed by atoms with Gasteiger partial charge in [0.2, 0.25) is 0 Å². The van der Waals surface area contributed by atoms with Gasteiger partial charge in [0, 0.05) is 18.3 Å². The van der Waals surface area contributed by atoms with Crippen molar-refractivity contribution in [2.24, 2.45) is 0 Å². The second kappa shape index (κ2) is 2.51. The van der Waals surface area contributed by atoms with Crippen molar-refractivity contribution in [2.45, 2.75) is 5.92 Å². The molecule has 2 N–H and O–H groups in total. The second-order valence-electron chi connectivity index (χ2n) is 2.52. The molecule has 1 aliphatic heterocycles. The summed E-state index contributed by atoms with van der Waals surface area (Å²) in [6.07, 6.45) is -0.216. The summed E-state index contributed by atoms with van der Waals surface area (Å²) >= 11 is 0. The van der Waals surface area contributed by atoms with Gasteiger partial charge in [-0.15, -0.1) is 0 Å². The third-order valence-electron chi connectivity index (χ3n) is 1.67. The summed E-state index contributed by atoms with van der Waals surface area (Å²) in [5, 5.41) is 0. The minimum atomic E-state index is -0.191. The predicted octanol–water partition coefficient (Wildman–Crippen LogP) is 0.778. The molecular weight excluding hydrogens is 140 g/mol. The zero-order chi connectivity index (χ0) is 10.3. The summed E-state index contributed by atoms with van der Waals surface area (Å²) in [7, 11) is 0. The molecule has 3 nitrogen and oxygen atoms in total. The van der Waals surface area contributed by atoms with Crippen molar-refractivity contribution in [3.05, 3.63) is 24.0 Å². The molecule has 0 amide bonds. The Kier molecular flexibility index (Phi) is 0.927. The van der Waals surface area contributed by atoms with Crippen LogP contribution in [-0.4, -0.2) is 18.2 Å². The molecule has 0 aliphatic carbocycles. The summed E-state index contributed by atoms with van der Waals surface area (Å²) < 4.78 is 27.5. The van der Waals surface area contributed by atoms with Gasteiger partial charge in [-0.3, -0.25) is 4.98 Å². The van der Waals surface area contributed by atoms with Crippen molar-refractivity contribution < 1.29 is 8.85 Å². The van der Waals surface area contributed by atoms with Gasteiger partial charge >= 0.3 is 0 Å². The summed E-state index contributed by atoms with van der Waals surface area (Å²) in [6, 6.07) is 0.0586. The van der Waals surface area contributed by atoms with Crippen LogP contribution in [0.25, 0.3) is 0 Å². The molecule has 1 aromatic heterocycles. The number of aromatic nitrogens is 1. The summed E-state index contributed by atoms with van der Waals surface area (Å²) in [6.45, 7) is 1.02. The third kappa shape index (κ3) is 1.19. The number of rotatable bonds is 1. The standard InChI is InChI=1S/C8H10N2O/c9-8-1-6(2-10-3-8)7-4-11-5-7/h1-3,7H,4-5,9H2/i1D,2D,3D. The molecule has 1 fully saturated rings. The first-order valence-electron chi connectivity index (χ1n) is 4.92. The topological polar surface area (TPSA) is 48.1 Å². The maximum absolute atomic E-state index is 7.68. The molecule has 1 saturated heterocycles. The Bertz CT molecular complexity index is 379. The Morgan fingerprint density at radius 1 is 1.64 bits per heavy atom. The number of nitrogens with zero attached hydrogens (tertiary/aromatic N) is 1. The quantitative estimate of drug-likeness (QED) is 0.648. The van der Waals surface area contributed by atoms with E-state index in [1.807, 2.05) is 0 Å². The lowest BCUT2D eigenvalue weighted by Gasteiger charge is -2.25. The summed E-state index contributed by atoms with van der Waals surface area (Å²) in [5.41, 5.74) is 6.06. The Balaban J connectivity index is 2.52. The van der Waals surface area contributed by atoms with Crippen LogP contribution in [0.5, 0.6) is 0 Å². The number of pyridine rings is 1. The minimum absolute atomic E-state index is 0.0255. The Labute approximate surface area is 69.4 Å². The van der Waals surface area contributed by atoms with Crippen LogP contribution >= 0.6 is 0 Å². The number of nitrogen functional groups attached to an aromatic ring is 1. The SMILES string of the molecule is [2H]c1nc([2H])c(C2COC2)c([2H])c1N. The molecule has 0 radical (unpaired) electrons. The van der Waals surface area contributed by atoms with Gasteiger partial charge in [0.15, 0.2) is 0 Å². The van der Waals surface area contributed by atoms with E-state index in [0.717, 1.165) is 0 Å². The molecule has 0 unspecified atom stereocenters.